The molecule has 0 aliphatic heterocycles. The largest absolute Gasteiger partial charge is 0.352 e. The zero-order chi connectivity index (χ0) is 16.9. The molecule has 0 amide bonds. The molecule has 2 aromatic heterocycles. The normalized spacial score (nSPS) is 10.7. The van der Waals surface area contributed by atoms with Crippen LogP contribution in [0.1, 0.15) is 13.8 Å². The minimum Gasteiger partial charge on any atom is -0.352 e. The van der Waals surface area contributed by atoms with Crippen LogP contribution in [0.4, 0.5) is 17.5 Å². The van der Waals surface area contributed by atoms with Crippen molar-refractivity contribution in [3.63, 3.8) is 0 Å². The first kappa shape index (κ1) is 16.2. The minimum atomic E-state index is 0.220. The molecule has 0 unspecified atom stereocenters. The molecule has 6 heteroatoms. The molecule has 0 saturated heterocycles. The second-order valence-corrected chi connectivity index (χ2v) is 5.99. The number of hydrogen-bond acceptors (Lipinski definition) is 5. The summed E-state index contributed by atoms with van der Waals surface area (Å²) >= 11 is 6.22. The van der Waals surface area contributed by atoms with E-state index in [1.54, 1.807) is 6.20 Å². The van der Waals surface area contributed by atoms with Gasteiger partial charge in [0.05, 0.1) is 22.1 Å². The Morgan fingerprint density at radius 2 is 1.75 bits per heavy atom. The van der Waals surface area contributed by atoms with Gasteiger partial charge in [0.1, 0.15) is 5.82 Å². The maximum Gasteiger partial charge on any atom is 0.225 e. The molecule has 24 heavy (non-hydrogen) atoms. The first-order chi connectivity index (χ1) is 11.6. The fourth-order valence-electron chi connectivity index (χ4n) is 2.18. The average Bonchev–Trinajstić information content (AvgIpc) is 2.57. The van der Waals surface area contributed by atoms with Crippen molar-refractivity contribution in [3.05, 3.63) is 59.8 Å². The molecule has 2 N–H and O–H groups in total. The van der Waals surface area contributed by atoms with Crippen LogP contribution in [0.15, 0.2) is 54.7 Å². The van der Waals surface area contributed by atoms with Crippen molar-refractivity contribution in [2.45, 2.75) is 19.9 Å². The van der Waals surface area contributed by atoms with Crippen molar-refractivity contribution in [2.24, 2.45) is 0 Å². The van der Waals surface area contributed by atoms with Crippen LogP contribution in [0.5, 0.6) is 0 Å². The Kier molecular flexibility index (Phi) is 4.91. The molecule has 5 nitrogen and oxygen atoms in total. The lowest BCUT2D eigenvalue weighted by atomic mass is 10.2. The number of anilines is 3. The number of rotatable bonds is 5. The molecule has 2 heterocycles. The Hall–Kier alpha value is -2.66. The second-order valence-electron chi connectivity index (χ2n) is 5.58. The van der Waals surface area contributed by atoms with Crippen LogP contribution < -0.4 is 10.6 Å². The molecule has 3 rings (SSSR count). The van der Waals surface area contributed by atoms with Crippen molar-refractivity contribution in [1.29, 1.82) is 0 Å². The van der Waals surface area contributed by atoms with Crippen LogP contribution in [-0.2, 0) is 0 Å². The highest BCUT2D eigenvalue weighted by molar-refractivity contribution is 6.33. The summed E-state index contributed by atoms with van der Waals surface area (Å²) in [4.78, 5) is 13.4. The van der Waals surface area contributed by atoms with Gasteiger partial charge in [0.2, 0.25) is 5.95 Å². The van der Waals surface area contributed by atoms with E-state index in [4.69, 9.17) is 11.6 Å². The van der Waals surface area contributed by atoms with Crippen molar-refractivity contribution in [2.75, 3.05) is 10.6 Å². The van der Waals surface area contributed by atoms with Crippen molar-refractivity contribution in [1.82, 2.24) is 15.0 Å². The predicted molar refractivity (Wildman–Crippen MR) is 98.8 cm³/mol. The number of hydrogen-bond donors (Lipinski definition) is 2. The van der Waals surface area contributed by atoms with E-state index in [-0.39, 0.29) is 6.04 Å². The summed E-state index contributed by atoms with van der Waals surface area (Å²) in [6.07, 6.45) is 1.74. The van der Waals surface area contributed by atoms with Gasteiger partial charge < -0.3 is 10.6 Å². The van der Waals surface area contributed by atoms with Crippen LogP contribution in [-0.4, -0.2) is 21.0 Å². The standard InChI is InChI=1S/C18H18ClN5/c1-12(2)21-18-23-16(15-9-5-6-10-20-15)11-17(24-18)22-14-8-4-3-7-13(14)19/h3-12H,1-2H3,(H2,21,22,23,24). The number of para-hydroxylation sites is 1. The van der Waals surface area contributed by atoms with Crippen LogP contribution in [0.25, 0.3) is 11.4 Å². The summed E-state index contributed by atoms with van der Waals surface area (Å²) in [6, 6.07) is 15.3. The van der Waals surface area contributed by atoms with E-state index in [2.05, 4.69) is 25.6 Å². The highest BCUT2D eigenvalue weighted by atomic mass is 35.5. The SMILES string of the molecule is CC(C)Nc1nc(Nc2ccccc2Cl)cc(-c2ccccn2)n1. The van der Waals surface area contributed by atoms with Crippen LogP contribution >= 0.6 is 11.6 Å². The predicted octanol–water partition coefficient (Wildman–Crippen LogP) is 4.76. The summed E-state index contributed by atoms with van der Waals surface area (Å²) in [5.74, 6) is 1.20. The van der Waals surface area contributed by atoms with E-state index in [9.17, 15) is 0 Å². The van der Waals surface area contributed by atoms with Gasteiger partial charge in [-0.1, -0.05) is 29.8 Å². The summed E-state index contributed by atoms with van der Waals surface area (Å²) in [5.41, 5.74) is 2.32. The molecule has 0 bridgehead atoms. The summed E-state index contributed by atoms with van der Waals surface area (Å²) in [7, 11) is 0. The Balaban J connectivity index is 2.00. The molecule has 3 aromatic rings. The molecule has 0 spiro atoms. The molecule has 0 saturated carbocycles. The van der Waals surface area contributed by atoms with E-state index in [1.807, 2.05) is 62.4 Å². The van der Waals surface area contributed by atoms with Gasteiger partial charge in [0, 0.05) is 18.3 Å². The van der Waals surface area contributed by atoms with Gasteiger partial charge in [-0.05, 0) is 38.1 Å². The van der Waals surface area contributed by atoms with Gasteiger partial charge in [-0.3, -0.25) is 4.98 Å². The topological polar surface area (TPSA) is 62.7 Å². The zero-order valence-electron chi connectivity index (χ0n) is 13.5. The van der Waals surface area contributed by atoms with E-state index in [0.717, 1.165) is 17.1 Å². The lowest BCUT2D eigenvalue weighted by Gasteiger charge is -2.13. The van der Waals surface area contributed by atoms with E-state index in [0.29, 0.717) is 16.8 Å². The molecule has 0 radical (unpaired) electrons. The molecule has 0 atom stereocenters. The number of aromatic nitrogens is 3. The molecule has 0 aliphatic rings. The quantitative estimate of drug-likeness (QED) is 0.702. The fraction of sp³-hybridized carbons (Fsp3) is 0.167. The maximum absolute atomic E-state index is 6.22. The number of benzene rings is 1. The Bertz CT molecular complexity index is 821. The first-order valence-corrected chi connectivity index (χ1v) is 8.08. The highest BCUT2D eigenvalue weighted by Gasteiger charge is 2.09. The fourth-order valence-corrected chi connectivity index (χ4v) is 2.36. The third-order valence-electron chi connectivity index (χ3n) is 3.21. The monoisotopic (exact) mass is 339 g/mol. The van der Waals surface area contributed by atoms with E-state index in [1.165, 1.54) is 0 Å². The van der Waals surface area contributed by atoms with Crippen LogP contribution in [0.3, 0.4) is 0 Å². The van der Waals surface area contributed by atoms with Gasteiger partial charge in [-0.25, -0.2) is 4.98 Å². The smallest absolute Gasteiger partial charge is 0.225 e. The Morgan fingerprint density at radius 1 is 0.958 bits per heavy atom. The summed E-state index contributed by atoms with van der Waals surface area (Å²) in [6.45, 7) is 4.08. The molecule has 0 fully saturated rings. The second kappa shape index (κ2) is 7.27. The number of nitrogens with one attached hydrogen (secondary N) is 2. The number of pyridine rings is 1. The number of nitrogens with zero attached hydrogens (tertiary/aromatic N) is 3. The van der Waals surface area contributed by atoms with Crippen molar-refractivity contribution >= 4 is 29.1 Å². The Morgan fingerprint density at radius 3 is 2.46 bits per heavy atom. The Labute approximate surface area is 146 Å². The van der Waals surface area contributed by atoms with Gasteiger partial charge in [-0.2, -0.15) is 4.98 Å². The number of halogens is 1. The molecule has 122 valence electrons. The maximum atomic E-state index is 6.22. The van der Waals surface area contributed by atoms with Gasteiger partial charge in [0.25, 0.3) is 0 Å². The lowest BCUT2D eigenvalue weighted by Crippen LogP contribution is -2.13. The minimum absolute atomic E-state index is 0.220. The van der Waals surface area contributed by atoms with E-state index < -0.39 is 0 Å². The summed E-state index contributed by atoms with van der Waals surface area (Å²) < 4.78 is 0. The third kappa shape index (κ3) is 4.00. The summed E-state index contributed by atoms with van der Waals surface area (Å²) in [5, 5.41) is 7.11. The molecular weight excluding hydrogens is 322 g/mol. The average molecular weight is 340 g/mol. The van der Waals surface area contributed by atoms with Gasteiger partial charge in [-0.15, -0.1) is 0 Å². The molecular formula is C18H18ClN5. The highest BCUT2D eigenvalue weighted by Crippen LogP contribution is 2.26. The van der Waals surface area contributed by atoms with Crippen LogP contribution in [0, 0.1) is 0 Å². The third-order valence-corrected chi connectivity index (χ3v) is 3.54. The van der Waals surface area contributed by atoms with Gasteiger partial charge >= 0.3 is 0 Å². The zero-order valence-corrected chi connectivity index (χ0v) is 14.2. The van der Waals surface area contributed by atoms with Crippen LogP contribution in [0.2, 0.25) is 5.02 Å². The first-order valence-electron chi connectivity index (χ1n) is 7.70. The van der Waals surface area contributed by atoms with Gasteiger partial charge in [0.15, 0.2) is 0 Å². The molecule has 1 aromatic carbocycles. The molecule has 0 aliphatic carbocycles. The van der Waals surface area contributed by atoms with E-state index >= 15 is 0 Å². The van der Waals surface area contributed by atoms with Crippen molar-refractivity contribution in [3.8, 4) is 11.4 Å². The van der Waals surface area contributed by atoms with Crippen molar-refractivity contribution < 1.29 is 0 Å². The lowest BCUT2D eigenvalue weighted by molar-refractivity contribution is 0.875.